The number of pyridine rings is 2. The van der Waals surface area contributed by atoms with Gasteiger partial charge in [-0.05, 0) is 279 Å². The van der Waals surface area contributed by atoms with Crippen molar-refractivity contribution in [2.45, 2.75) is 50.7 Å². The highest BCUT2D eigenvalue weighted by atomic mass is 127. The second-order valence-electron chi connectivity index (χ2n) is 26.8. The van der Waals surface area contributed by atoms with Crippen molar-refractivity contribution in [2.75, 3.05) is 52.7 Å². The van der Waals surface area contributed by atoms with Crippen LogP contribution in [0, 0.1) is 32.7 Å². The van der Waals surface area contributed by atoms with E-state index in [0.717, 1.165) is 102 Å². The van der Waals surface area contributed by atoms with Crippen molar-refractivity contribution in [1.82, 2.24) is 9.13 Å². The summed E-state index contributed by atoms with van der Waals surface area (Å²) in [5.41, 5.74) is 14.7. The molecule has 0 radical (unpaired) electrons. The molecule has 3 N–H and O–H groups in total. The molecule has 0 unspecified atom stereocenters. The zero-order chi connectivity index (χ0) is 94.0. The Labute approximate surface area is 825 Å². The first-order valence-corrected chi connectivity index (χ1v) is 48.5. The van der Waals surface area contributed by atoms with E-state index in [2.05, 4.69) is 138 Å². The number of methoxy groups -OCH3 is 4. The summed E-state index contributed by atoms with van der Waals surface area (Å²) in [6, 6.07) is 71.6. The van der Waals surface area contributed by atoms with Crippen molar-refractivity contribution in [3.8, 4) is 40.1 Å². The number of hydrogen-bond donors (Lipinski definition) is 2. The lowest BCUT2D eigenvalue weighted by Crippen LogP contribution is -2.19. The number of carbonyl (C=O) groups excluding carboxylic acids is 2. The van der Waals surface area contributed by atoms with E-state index in [1.165, 1.54) is 64.8 Å². The molecule has 0 fully saturated rings. The smallest absolute Gasteiger partial charge is 0.339 e. The topological polar surface area (TPSA) is 215 Å². The van der Waals surface area contributed by atoms with E-state index in [-0.39, 0.29) is 44.9 Å². The number of nitrogens with zero attached hydrogens (tertiary/aromatic N) is 2. The molecule has 0 saturated heterocycles. The summed E-state index contributed by atoms with van der Waals surface area (Å²) in [6.07, 6.45) is 6.28. The monoisotopic (exact) mass is 2280 g/mol. The quantitative estimate of drug-likeness (QED) is 0.00593. The molecule has 0 bridgehead atoms. The van der Waals surface area contributed by atoms with Crippen molar-refractivity contribution in [1.29, 1.82) is 0 Å². The molecule has 14 rings (SSSR count). The largest absolute Gasteiger partial charge is 0.496 e. The number of halogens is 14. The Morgan fingerprint density at radius 1 is 0.446 bits per heavy atom. The maximum atomic E-state index is 13.9. The molecule has 2 aromatic heterocycles. The van der Waals surface area contributed by atoms with Gasteiger partial charge in [0.1, 0.15) is 27.9 Å². The van der Waals surface area contributed by atoms with Gasteiger partial charge < -0.3 is 43.7 Å². The maximum absolute atomic E-state index is 13.9. The summed E-state index contributed by atoms with van der Waals surface area (Å²) in [5.74, 6) is -9.92. The van der Waals surface area contributed by atoms with E-state index in [1.807, 2.05) is 127 Å². The Morgan fingerprint density at radius 2 is 0.831 bits per heavy atom. The molecule has 130 heavy (non-hydrogen) atoms. The molecule has 0 aliphatic rings. The Balaban J connectivity index is 0.000000175. The third kappa shape index (κ3) is 27.8. The number of thioether (sulfide) groups is 3. The standard InChI is InChI=1S/C25H23BrClNO3S.C23H17BrClNO2S.C22H10BrClF5NO5S.C18H19NO2S.C7H5BrClIO/c1-3-31-25(29)12-9-18-13-19(32-16-17-7-5-4-6-8-17)10-11-22(18)28-23-15-21(27)20(26)14-24(23)30-2;1-28-22-12-18(24)19(25)13-21(22)26-20-9-8-17(11-16(20)7-10-23(26)27)29-14-15-5-3-2-4-6-15;1-34-15-7-11(23)12(24)8-14(15)30-13-4-3-10(6-9(13)2-5-16(30)31)36(32,33)35-22-20(28)18(26)17(25)19(27)21(22)29;1-2-21-18(20)11-8-15-12-16(9-10-17(15)19)22-13-14-6-4-3-5-7-14;1-11-7-2-4(8)5(9)3-6(7)10/h4-15,28H,3,16H2,1-2H3;2-13H,14H2,1H3;2-8H,1H3;3-12H,2,13,19H2,1H3;2-3H,1H3/b12-9+;;;11-8+;. The third-order valence-electron chi connectivity index (χ3n) is 18.2. The molecule has 0 aliphatic heterocycles. The molecule has 17 nitrogen and oxygen atoms in total. The molecule has 0 aliphatic carbocycles. The molecule has 674 valence electrons. The fourth-order valence-electron chi connectivity index (χ4n) is 11.9. The van der Waals surface area contributed by atoms with Gasteiger partial charge in [0.05, 0.1) is 93.4 Å². The average Bonchev–Trinajstić information content (AvgIpc) is 0.749. The number of nitrogens with one attached hydrogen (secondary N) is 1. The highest BCUT2D eigenvalue weighted by molar-refractivity contribution is 14.1. The van der Waals surface area contributed by atoms with Crippen LogP contribution < -0.4 is 45.3 Å². The first-order chi connectivity index (χ1) is 62.3. The van der Waals surface area contributed by atoms with Crippen molar-refractivity contribution in [2.24, 2.45) is 0 Å². The zero-order valence-electron chi connectivity index (χ0n) is 69.1. The predicted molar refractivity (Wildman–Crippen MR) is 536 cm³/mol. The Hall–Kier alpha value is -9.46. The molecule has 0 atom stereocenters. The highest BCUT2D eigenvalue weighted by Gasteiger charge is 2.32. The van der Waals surface area contributed by atoms with Crippen LogP contribution in [0.15, 0.2) is 296 Å². The molecular weight excluding hydrogens is 2220 g/mol. The Morgan fingerprint density at radius 3 is 1.29 bits per heavy atom. The van der Waals surface area contributed by atoms with Crippen LogP contribution in [0.1, 0.15) is 41.7 Å². The zero-order valence-corrected chi connectivity index (χ0v) is 83.9. The van der Waals surface area contributed by atoms with Gasteiger partial charge in [-0.2, -0.15) is 17.2 Å². The minimum absolute atomic E-state index is 0.137. The summed E-state index contributed by atoms with van der Waals surface area (Å²) in [7, 11) is 1.09. The maximum Gasteiger partial charge on any atom is 0.339 e. The Kier molecular flexibility index (Phi) is 38.9. The number of esters is 2. The summed E-state index contributed by atoms with van der Waals surface area (Å²) in [4.78, 5) is 51.4. The Bertz CT molecular complexity index is 6740. The van der Waals surface area contributed by atoms with Crippen molar-refractivity contribution in [3.63, 3.8) is 0 Å². The summed E-state index contributed by atoms with van der Waals surface area (Å²) in [5, 5.41) is 6.51. The van der Waals surface area contributed by atoms with Crippen molar-refractivity contribution < 1.29 is 72.6 Å². The normalized spacial score (nSPS) is 11.0. The number of hydrogen-bond acceptors (Lipinski definition) is 18. The number of fused-ring (bicyclic) bond motifs is 2. The number of aromatic nitrogens is 2. The third-order valence-corrected chi connectivity index (χ3v) is 28.3. The molecule has 35 heteroatoms. The SMILES string of the molecule is CCOC(=O)/C=C/c1cc(SCc2ccccc2)ccc1N.CCOC(=O)/C=C/c1cc(SCc2ccccc2)ccc1Nc1cc(Cl)c(Br)cc1OC.COc1cc(Br)c(Cl)cc1-n1c(=O)ccc2cc(S(=O)(=O)Oc3c(F)c(F)c(F)c(F)c3F)ccc21.COc1cc(Br)c(Cl)cc1-n1c(=O)ccc2cc(SCc3ccccc3)ccc21.COc1cc(Br)c(Cl)cc1I. The fraction of sp³-hybridized carbons (Fsp3) is 0.116. The van der Waals surface area contributed by atoms with E-state index in [9.17, 15) is 49.5 Å². The van der Waals surface area contributed by atoms with Gasteiger partial charge in [-0.1, -0.05) is 137 Å². The van der Waals surface area contributed by atoms with Gasteiger partial charge in [0.25, 0.3) is 11.1 Å². The van der Waals surface area contributed by atoms with Crippen LogP contribution in [0.2, 0.25) is 20.1 Å². The summed E-state index contributed by atoms with van der Waals surface area (Å²) >= 11 is 45.4. The molecule has 0 saturated carbocycles. The van der Waals surface area contributed by atoms with Crippen LogP contribution in [-0.4, -0.2) is 71.1 Å². The van der Waals surface area contributed by atoms with Crippen LogP contribution in [0.4, 0.5) is 39.0 Å². The number of ether oxygens (including phenoxy) is 6. The first kappa shape index (κ1) is 103. The number of nitrogen functional groups attached to an aromatic ring is 1. The minimum Gasteiger partial charge on any atom is -0.496 e. The summed E-state index contributed by atoms with van der Waals surface area (Å²) < 4.78 is 136. The fourth-order valence-corrected chi connectivity index (χ4v) is 18.4. The number of benzene rings is 12. The lowest BCUT2D eigenvalue weighted by molar-refractivity contribution is -0.138. The van der Waals surface area contributed by atoms with E-state index >= 15 is 0 Å². The molecule has 0 spiro atoms. The van der Waals surface area contributed by atoms with Crippen LogP contribution in [0.5, 0.6) is 28.7 Å². The van der Waals surface area contributed by atoms with Gasteiger partial charge >= 0.3 is 22.1 Å². The number of anilines is 3. The van der Waals surface area contributed by atoms with Gasteiger partial charge in [0.2, 0.25) is 34.8 Å². The van der Waals surface area contributed by atoms with Crippen molar-refractivity contribution in [3.05, 3.63) is 368 Å². The second-order valence-corrected chi connectivity index (χ2v) is 37.7. The van der Waals surface area contributed by atoms with Gasteiger partial charge in [-0.3, -0.25) is 18.7 Å². The molecular formula is C95H74Br4Cl4F5IN4O13S4. The average molecular weight is 2290 g/mol. The van der Waals surface area contributed by atoms with Crippen LogP contribution in [-0.2, 0) is 46.4 Å². The van der Waals surface area contributed by atoms with Crippen molar-refractivity contribution >= 4 is 241 Å². The lowest BCUT2D eigenvalue weighted by atomic mass is 10.1. The van der Waals surface area contributed by atoms with Gasteiger partial charge in [0, 0.05) is 90.9 Å². The van der Waals surface area contributed by atoms with Gasteiger partial charge in [-0.25, -0.2) is 22.8 Å². The lowest BCUT2D eigenvalue weighted by Gasteiger charge is -2.16. The minimum atomic E-state index is -5.08. The second kappa shape index (κ2) is 49.3. The molecule has 14 aromatic rings. The number of rotatable bonds is 26. The highest BCUT2D eigenvalue weighted by Crippen LogP contribution is 2.42. The number of nitrogens with two attached hydrogens (primary N) is 1. The van der Waals surface area contributed by atoms with Gasteiger partial charge in [-0.15, -0.1) is 35.3 Å². The van der Waals surface area contributed by atoms with Crippen LogP contribution in [0.3, 0.4) is 0 Å². The molecule has 2 heterocycles. The molecule has 0 amide bonds. The van der Waals surface area contributed by atoms with Crippen LogP contribution in [0.25, 0.3) is 45.3 Å². The van der Waals surface area contributed by atoms with E-state index in [0.29, 0.717) is 60.1 Å². The van der Waals surface area contributed by atoms with E-state index in [1.54, 1.807) is 111 Å². The van der Waals surface area contributed by atoms with E-state index < -0.39 is 55.4 Å². The van der Waals surface area contributed by atoms with Gasteiger partial charge in [0.15, 0.2) is 0 Å². The predicted octanol–water partition coefficient (Wildman–Crippen LogP) is 28.2. The first-order valence-electron chi connectivity index (χ1n) is 38.3. The van der Waals surface area contributed by atoms with E-state index in [4.69, 9.17) is 80.6 Å². The molecule has 12 aromatic carbocycles. The van der Waals surface area contributed by atoms with Crippen LogP contribution >= 0.6 is 168 Å². The summed E-state index contributed by atoms with van der Waals surface area (Å²) in [6.45, 7) is 4.26. The number of carbonyl (C=O) groups is 2.